The molecule has 2 unspecified atom stereocenters. The van der Waals surface area contributed by atoms with Crippen LogP contribution in [-0.4, -0.2) is 29.8 Å². The summed E-state index contributed by atoms with van der Waals surface area (Å²) in [6, 6.07) is 6.17. The van der Waals surface area contributed by atoms with Crippen LogP contribution in [0.5, 0.6) is 0 Å². The summed E-state index contributed by atoms with van der Waals surface area (Å²) in [5.74, 6) is -0.776. The first kappa shape index (κ1) is 21.9. The Hall–Kier alpha value is -2.41. The van der Waals surface area contributed by atoms with Crippen molar-refractivity contribution < 1.29 is 14.4 Å². The number of carbonyl (C=O) groups is 3. The molecule has 7 nitrogen and oxygen atoms in total. The average molecular weight is 389 g/mol. The molecule has 7 heteroatoms. The summed E-state index contributed by atoms with van der Waals surface area (Å²) >= 11 is 0. The van der Waals surface area contributed by atoms with Crippen LogP contribution >= 0.6 is 0 Å². The molecule has 5 N–H and O–H groups in total. The number of amides is 3. The fourth-order valence-electron chi connectivity index (χ4n) is 3.23. The largest absolute Gasteiger partial charge is 0.374 e. The van der Waals surface area contributed by atoms with Gasteiger partial charge < -0.3 is 16.4 Å². The third-order valence-corrected chi connectivity index (χ3v) is 4.92. The van der Waals surface area contributed by atoms with E-state index in [4.69, 9.17) is 5.73 Å². The van der Waals surface area contributed by atoms with E-state index in [1.807, 2.05) is 6.07 Å². The van der Waals surface area contributed by atoms with Gasteiger partial charge in [0.1, 0.15) is 6.04 Å². The Kier molecular flexibility index (Phi) is 8.94. The lowest BCUT2D eigenvalue weighted by atomic mass is 10.1. The number of carbonyl (C=O) groups excluding carboxylic acids is 3. The molecule has 1 aromatic rings. The number of nitrogens with two attached hydrogens (primary N) is 1. The molecule has 1 aliphatic rings. The van der Waals surface area contributed by atoms with Crippen LogP contribution < -0.4 is 21.7 Å². The molecule has 1 fully saturated rings. The lowest BCUT2D eigenvalue weighted by molar-refractivity contribution is -0.133. The van der Waals surface area contributed by atoms with Crippen molar-refractivity contribution in [1.82, 2.24) is 5.32 Å². The first-order valence-electron chi connectivity index (χ1n) is 10.3. The Labute approximate surface area is 166 Å². The lowest BCUT2D eigenvalue weighted by Gasteiger charge is -2.23. The maximum atomic E-state index is 12.3. The predicted molar refractivity (Wildman–Crippen MR) is 111 cm³/mol. The summed E-state index contributed by atoms with van der Waals surface area (Å²) in [6.45, 7) is 2.19. The molecule has 0 aliphatic carbocycles. The van der Waals surface area contributed by atoms with Crippen LogP contribution in [0.4, 0.5) is 11.4 Å². The Morgan fingerprint density at radius 1 is 1.18 bits per heavy atom. The van der Waals surface area contributed by atoms with Crippen LogP contribution in [0, 0.1) is 0 Å². The summed E-state index contributed by atoms with van der Waals surface area (Å²) < 4.78 is 0. The fourth-order valence-corrected chi connectivity index (χ4v) is 3.23. The van der Waals surface area contributed by atoms with Crippen molar-refractivity contribution in [3.05, 3.63) is 24.3 Å². The number of unbranched alkanes of at least 4 members (excludes halogenated alkanes) is 5. The molecule has 2 rings (SSSR count). The van der Waals surface area contributed by atoms with Crippen molar-refractivity contribution in [1.29, 1.82) is 0 Å². The summed E-state index contributed by atoms with van der Waals surface area (Å²) in [6.07, 6.45) is 8.40. The van der Waals surface area contributed by atoms with Gasteiger partial charge in [-0.2, -0.15) is 0 Å². The van der Waals surface area contributed by atoms with Gasteiger partial charge in [-0.3, -0.25) is 19.7 Å². The number of piperidine rings is 1. The SMILES string of the molecule is CCCCCCCCC(N)C(=O)Nc1cccc(NC2CCC(=O)NC2=O)c1. The van der Waals surface area contributed by atoms with Gasteiger partial charge in [0.2, 0.25) is 17.7 Å². The zero-order chi connectivity index (χ0) is 20.4. The zero-order valence-corrected chi connectivity index (χ0v) is 16.6. The van der Waals surface area contributed by atoms with E-state index in [1.54, 1.807) is 18.2 Å². The second-order valence-electron chi connectivity index (χ2n) is 7.38. The van der Waals surface area contributed by atoms with Crippen molar-refractivity contribution in [2.75, 3.05) is 10.6 Å². The van der Waals surface area contributed by atoms with Gasteiger partial charge in [-0.1, -0.05) is 51.5 Å². The van der Waals surface area contributed by atoms with Gasteiger partial charge in [0, 0.05) is 17.8 Å². The lowest BCUT2D eigenvalue weighted by Crippen LogP contribution is -2.47. The normalized spacial score (nSPS) is 17.7. The van der Waals surface area contributed by atoms with E-state index >= 15 is 0 Å². The predicted octanol–water partition coefficient (Wildman–Crippen LogP) is 2.92. The molecule has 1 aromatic carbocycles. The number of anilines is 2. The van der Waals surface area contributed by atoms with Crippen LogP contribution in [0.1, 0.15) is 64.7 Å². The van der Waals surface area contributed by atoms with Gasteiger partial charge in [0.15, 0.2) is 0 Å². The number of nitrogens with one attached hydrogen (secondary N) is 3. The van der Waals surface area contributed by atoms with E-state index in [2.05, 4.69) is 22.9 Å². The van der Waals surface area contributed by atoms with Gasteiger partial charge in [-0.05, 0) is 31.0 Å². The van der Waals surface area contributed by atoms with Crippen LogP contribution in [0.25, 0.3) is 0 Å². The van der Waals surface area contributed by atoms with E-state index in [1.165, 1.54) is 25.7 Å². The second kappa shape index (κ2) is 11.4. The number of benzene rings is 1. The van der Waals surface area contributed by atoms with E-state index < -0.39 is 12.1 Å². The van der Waals surface area contributed by atoms with Crippen LogP contribution in [0.2, 0.25) is 0 Å². The molecule has 3 amide bonds. The Bertz CT molecular complexity index is 677. The molecule has 0 spiro atoms. The topological polar surface area (TPSA) is 113 Å². The molecule has 0 radical (unpaired) electrons. The number of imide groups is 1. The third-order valence-electron chi connectivity index (χ3n) is 4.92. The van der Waals surface area contributed by atoms with Gasteiger partial charge in [0.05, 0.1) is 6.04 Å². The molecule has 28 heavy (non-hydrogen) atoms. The second-order valence-corrected chi connectivity index (χ2v) is 7.38. The van der Waals surface area contributed by atoms with Gasteiger partial charge >= 0.3 is 0 Å². The van der Waals surface area contributed by atoms with Crippen molar-refractivity contribution in [3.8, 4) is 0 Å². The molecular weight excluding hydrogens is 356 g/mol. The highest BCUT2D eigenvalue weighted by atomic mass is 16.2. The van der Waals surface area contributed by atoms with E-state index in [0.29, 0.717) is 30.6 Å². The fraction of sp³-hybridized carbons (Fsp3) is 0.571. The molecule has 154 valence electrons. The van der Waals surface area contributed by atoms with Gasteiger partial charge in [0.25, 0.3) is 0 Å². The highest BCUT2D eigenvalue weighted by Crippen LogP contribution is 2.19. The van der Waals surface area contributed by atoms with Gasteiger partial charge in [-0.15, -0.1) is 0 Å². The number of hydrogen-bond acceptors (Lipinski definition) is 5. The number of hydrogen-bond donors (Lipinski definition) is 4. The van der Waals surface area contributed by atoms with Crippen molar-refractivity contribution in [3.63, 3.8) is 0 Å². The highest BCUT2D eigenvalue weighted by molar-refractivity contribution is 6.01. The number of rotatable bonds is 11. The van der Waals surface area contributed by atoms with E-state index in [-0.39, 0.29) is 17.7 Å². The molecule has 1 saturated heterocycles. The Morgan fingerprint density at radius 2 is 1.89 bits per heavy atom. The standard InChI is InChI=1S/C21H32N4O3/c1-2-3-4-5-6-7-11-17(22)20(27)24-16-10-8-9-15(14-16)23-18-12-13-19(26)25-21(18)28/h8-10,14,17-18,23H,2-7,11-13,22H2,1H3,(H,24,27)(H,25,26,28). The summed E-state index contributed by atoms with van der Waals surface area (Å²) in [5.41, 5.74) is 7.34. The molecular formula is C21H32N4O3. The monoisotopic (exact) mass is 388 g/mol. The van der Waals surface area contributed by atoms with Crippen LogP contribution in [0.3, 0.4) is 0 Å². The summed E-state index contributed by atoms with van der Waals surface area (Å²) in [4.78, 5) is 35.4. The van der Waals surface area contributed by atoms with E-state index in [9.17, 15) is 14.4 Å². The van der Waals surface area contributed by atoms with Crippen molar-refractivity contribution >= 4 is 29.1 Å². The van der Waals surface area contributed by atoms with Gasteiger partial charge in [-0.25, -0.2) is 0 Å². The molecule has 1 aliphatic heterocycles. The quantitative estimate of drug-likeness (QED) is 0.344. The molecule has 1 heterocycles. The Balaban J connectivity index is 1.78. The third kappa shape index (κ3) is 7.31. The Morgan fingerprint density at radius 3 is 2.64 bits per heavy atom. The molecule has 0 saturated carbocycles. The summed E-state index contributed by atoms with van der Waals surface area (Å²) in [7, 11) is 0. The first-order valence-corrected chi connectivity index (χ1v) is 10.3. The van der Waals surface area contributed by atoms with Crippen LogP contribution in [-0.2, 0) is 14.4 Å². The summed E-state index contributed by atoms with van der Waals surface area (Å²) in [5, 5.41) is 8.27. The van der Waals surface area contributed by atoms with Crippen LogP contribution in [0.15, 0.2) is 24.3 Å². The van der Waals surface area contributed by atoms with Crippen molar-refractivity contribution in [2.24, 2.45) is 5.73 Å². The minimum atomic E-state index is -0.530. The van der Waals surface area contributed by atoms with Crippen molar-refractivity contribution in [2.45, 2.75) is 76.8 Å². The molecule has 2 atom stereocenters. The maximum Gasteiger partial charge on any atom is 0.249 e. The maximum absolute atomic E-state index is 12.3. The highest BCUT2D eigenvalue weighted by Gasteiger charge is 2.26. The minimum Gasteiger partial charge on any atom is -0.374 e. The first-order chi connectivity index (χ1) is 13.5. The zero-order valence-electron chi connectivity index (χ0n) is 16.6. The van der Waals surface area contributed by atoms with E-state index in [0.717, 1.165) is 12.8 Å². The molecule has 0 bridgehead atoms. The smallest absolute Gasteiger partial charge is 0.249 e. The average Bonchev–Trinajstić information content (AvgIpc) is 2.67. The minimum absolute atomic E-state index is 0.202. The molecule has 0 aromatic heterocycles.